The second-order valence-corrected chi connectivity index (χ2v) is 4.71. The van der Waals surface area contributed by atoms with Gasteiger partial charge in [-0.1, -0.05) is 18.2 Å². The highest BCUT2D eigenvalue weighted by molar-refractivity contribution is 5.72. The van der Waals surface area contributed by atoms with E-state index < -0.39 is 0 Å². The third-order valence-electron chi connectivity index (χ3n) is 3.20. The first-order chi connectivity index (χ1) is 10.3. The first kappa shape index (κ1) is 13.2. The standard InChI is InChI=1S/C18H14O3/c1-13-4-2-3-5-17(13)20-15-8-6-14(7-9-15)18-11-10-16(12-19)21-18/h2-12H,1H3. The number of aldehydes is 1. The number of furan rings is 1. The number of carbonyl (C=O) groups is 1. The zero-order valence-electron chi connectivity index (χ0n) is 11.6. The van der Waals surface area contributed by atoms with Crippen LogP contribution in [0.1, 0.15) is 16.1 Å². The summed E-state index contributed by atoms with van der Waals surface area (Å²) >= 11 is 0. The van der Waals surface area contributed by atoms with Gasteiger partial charge in [0.25, 0.3) is 0 Å². The minimum Gasteiger partial charge on any atom is -0.457 e. The minimum absolute atomic E-state index is 0.324. The Morgan fingerprint density at radius 1 is 0.952 bits per heavy atom. The average molecular weight is 278 g/mol. The van der Waals surface area contributed by atoms with Gasteiger partial charge in [0.05, 0.1) is 0 Å². The van der Waals surface area contributed by atoms with Gasteiger partial charge in [0.1, 0.15) is 17.3 Å². The highest BCUT2D eigenvalue weighted by Crippen LogP contribution is 2.28. The van der Waals surface area contributed by atoms with Crippen LogP contribution < -0.4 is 4.74 Å². The third kappa shape index (κ3) is 2.87. The Morgan fingerprint density at radius 3 is 2.38 bits per heavy atom. The van der Waals surface area contributed by atoms with Crippen LogP contribution in [0, 0.1) is 6.92 Å². The van der Waals surface area contributed by atoms with Gasteiger partial charge in [-0.2, -0.15) is 0 Å². The molecule has 0 saturated carbocycles. The second-order valence-electron chi connectivity index (χ2n) is 4.71. The number of aryl methyl sites for hydroxylation is 1. The van der Waals surface area contributed by atoms with Crippen molar-refractivity contribution < 1.29 is 13.9 Å². The van der Waals surface area contributed by atoms with E-state index in [0.717, 1.165) is 22.6 Å². The maximum atomic E-state index is 10.6. The van der Waals surface area contributed by atoms with E-state index in [4.69, 9.17) is 9.15 Å². The molecule has 3 heteroatoms. The van der Waals surface area contributed by atoms with Crippen LogP contribution in [0.2, 0.25) is 0 Å². The maximum Gasteiger partial charge on any atom is 0.185 e. The molecule has 0 spiro atoms. The first-order valence-corrected chi connectivity index (χ1v) is 6.65. The molecule has 0 aliphatic carbocycles. The molecule has 104 valence electrons. The van der Waals surface area contributed by atoms with Crippen LogP contribution in [0.25, 0.3) is 11.3 Å². The van der Waals surface area contributed by atoms with Gasteiger partial charge >= 0.3 is 0 Å². The normalized spacial score (nSPS) is 10.3. The molecule has 1 heterocycles. The Morgan fingerprint density at radius 2 is 1.71 bits per heavy atom. The molecule has 0 radical (unpaired) electrons. The largest absolute Gasteiger partial charge is 0.457 e. The summed E-state index contributed by atoms with van der Waals surface area (Å²) in [6.07, 6.45) is 0.694. The van der Waals surface area contributed by atoms with Gasteiger partial charge in [-0.3, -0.25) is 4.79 Å². The molecule has 0 aliphatic rings. The van der Waals surface area contributed by atoms with Crippen LogP contribution >= 0.6 is 0 Å². The predicted molar refractivity (Wildman–Crippen MR) is 80.8 cm³/mol. The quantitative estimate of drug-likeness (QED) is 0.640. The Kier molecular flexibility index (Phi) is 3.56. The molecule has 3 aromatic rings. The molecule has 0 atom stereocenters. The molecule has 3 nitrogen and oxygen atoms in total. The van der Waals surface area contributed by atoms with E-state index in [1.54, 1.807) is 12.1 Å². The summed E-state index contributed by atoms with van der Waals surface area (Å²) < 4.78 is 11.2. The fraction of sp³-hybridized carbons (Fsp3) is 0.0556. The second kappa shape index (κ2) is 5.67. The molecular weight excluding hydrogens is 264 g/mol. The Balaban J connectivity index is 1.81. The van der Waals surface area contributed by atoms with E-state index in [9.17, 15) is 4.79 Å². The number of carbonyl (C=O) groups excluding carboxylic acids is 1. The van der Waals surface area contributed by atoms with E-state index in [1.807, 2.05) is 55.5 Å². The molecule has 0 aliphatic heterocycles. The molecule has 0 amide bonds. The lowest BCUT2D eigenvalue weighted by atomic mass is 10.1. The molecule has 0 fully saturated rings. The zero-order valence-corrected chi connectivity index (χ0v) is 11.6. The van der Waals surface area contributed by atoms with Crippen molar-refractivity contribution in [1.29, 1.82) is 0 Å². The van der Waals surface area contributed by atoms with E-state index in [1.165, 1.54) is 0 Å². The Hall–Kier alpha value is -2.81. The van der Waals surface area contributed by atoms with Crippen LogP contribution in [-0.4, -0.2) is 6.29 Å². The number of hydrogen-bond acceptors (Lipinski definition) is 3. The van der Waals surface area contributed by atoms with Gasteiger partial charge in [0.2, 0.25) is 0 Å². The van der Waals surface area contributed by atoms with Crippen molar-refractivity contribution in [2.45, 2.75) is 6.92 Å². The van der Waals surface area contributed by atoms with Gasteiger partial charge in [0, 0.05) is 5.56 Å². The molecule has 3 rings (SSSR count). The summed E-state index contributed by atoms with van der Waals surface area (Å²) in [5, 5.41) is 0. The van der Waals surface area contributed by atoms with Crippen LogP contribution in [0.4, 0.5) is 0 Å². The Labute approximate surface area is 122 Å². The van der Waals surface area contributed by atoms with E-state index in [2.05, 4.69) is 0 Å². The van der Waals surface area contributed by atoms with Crippen LogP contribution in [0.3, 0.4) is 0 Å². The number of para-hydroxylation sites is 1. The van der Waals surface area contributed by atoms with Gasteiger partial charge < -0.3 is 9.15 Å². The number of hydrogen-bond donors (Lipinski definition) is 0. The summed E-state index contributed by atoms with van der Waals surface area (Å²) in [4.78, 5) is 10.6. The van der Waals surface area contributed by atoms with E-state index in [-0.39, 0.29) is 0 Å². The average Bonchev–Trinajstić information content (AvgIpc) is 2.99. The lowest BCUT2D eigenvalue weighted by molar-refractivity contribution is 0.110. The van der Waals surface area contributed by atoms with Crippen molar-refractivity contribution in [2.24, 2.45) is 0 Å². The van der Waals surface area contributed by atoms with Crippen LogP contribution in [0.15, 0.2) is 65.1 Å². The van der Waals surface area contributed by atoms with Crippen molar-refractivity contribution >= 4 is 6.29 Å². The lowest BCUT2D eigenvalue weighted by Crippen LogP contribution is -1.86. The molecule has 0 saturated heterocycles. The van der Waals surface area contributed by atoms with Crippen molar-refractivity contribution in [3.05, 3.63) is 72.0 Å². The molecule has 0 bridgehead atoms. The van der Waals surface area contributed by atoms with Crippen LogP contribution in [-0.2, 0) is 0 Å². The van der Waals surface area contributed by atoms with Crippen molar-refractivity contribution in [3.63, 3.8) is 0 Å². The monoisotopic (exact) mass is 278 g/mol. The first-order valence-electron chi connectivity index (χ1n) is 6.65. The number of benzene rings is 2. The topological polar surface area (TPSA) is 39.4 Å². The van der Waals surface area contributed by atoms with Gasteiger partial charge in [-0.05, 0) is 55.0 Å². The van der Waals surface area contributed by atoms with Gasteiger partial charge in [-0.15, -0.1) is 0 Å². The minimum atomic E-state index is 0.324. The smallest absolute Gasteiger partial charge is 0.185 e. The molecule has 1 aromatic heterocycles. The number of rotatable bonds is 4. The highest BCUT2D eigenvalue weighted by Gasteiger charge is 2.05. The number of ether oxygens (including phenoxy) is 1. The molecule has 2 aromatic carbocycles. The maximum absolute atomic E-state index is 10.6. The SMILES string of the molecule is Cc1ccccc1Oc1ccc(-c2ccc(C=O)o2)cc1. The van der Waals surface area contributed by atoms with Crippen LogP contribution in [0.5, 0.6) is 11.5 Å². The van der Waals surface area contributed by atoms with Crippen molar-refractivity contribution in [3.8, 4) is 22.8 Å². The summed E-state index contributed by atoms with van der Waals surface area (Å²) in [5.74, 6) is 2.59. The van der Waals surface area contributed by atoms with Crippen molar-refractivity contribution in [1.82, 2.24) is 0 Å². The summed E-state index contributed by atoms with van der Waals surface area (Å²) in [6.45, 7) is 2.01. The van der Waals surface area contributed by atoms with Gasteiger partial charge in [0.15, 0.2) is 12.0 Å². The highest BCUT2D eigenvalue weighted by atomic mass is 16.5. The van der Waals surface area contributed by atoms with Gasteiger partial charge in [-0.25, -0.2) is 0 Å². The Bertz CT molecular complexity index is 754. The summed E-state index contributed by atoms with van der Waals surface area (Å²) in [6, 6.07) is 18.9. The summed E-state index contributed by atoms with van der Waals surface area (Å²) in [7, 11) is 0. The zero-order chi connectivity index (χ0) is 14.7. The third-order valence-corrected chi connectivity index (χ3v) is 3.20. The fourth-order valence-electron chi connectivity index (χ4n) is 2.06. The van der Waals surface area contributed by atoms with E-state index in [0.29, 0.717) is 17.8 Å². The lowest BCUT2D eigenvalue weighted by Gasteiger charge is -2.08. The molecule has 21 heavy (non-hydrogen) atoms. The fourth-order valence-corrected chi connectivity index (χ4v) is 2.06. The molecular formula is C18H14O3. The van der Waals surface area contributed by atoms with E-state index >= 15 is 0 Å². The van der Waals surface area contributed by atoms with Crippen molar-refractivity contribution in [2.75, 3.05) is 0 Å². The molecule has 0 unspecified atom stereocenters. The summed E-state index contributed by atoms with van der Waals surface area (Å²) in [5.41, 5.74) is 1.99. The predicted octanol–water partition coefficient (Wildman–Crippen LogP) is 4.86. The molecule has 0 N–H and O–H groups in total.